The zero-order valence-corrected chi connectivity index (χ0v) is 39.6. The highest BCUT2D eigenvalue weighted by Crippen LogP contribution is 2.62. The van der Waals surface area contributed by atoms with Gasteiger partial charge in [-0.05, 0) is 71.0 Å². The predicted octanol–water partition coefficient (Wildman–Crippen LogP) is 10.4. The van der Waals surface area contributed by atoms with Crippen LogP contribution in [0.25, 0.3) is 0 Å². The number of hydrogen-bond acceptors (Lipinski definition) is 6. The molecule has 0 aliphatic carbocycles. The fourth-order valence-electron chi connectivity index (χ4n) is 10.5. The molecule has 0 spiro atoms. The smallest absolute Gasteiger partial charge is 0.317 e. The monoisotopic (exact) mass is 934 g/mol. The number of rotatable bonds is 26. The highest BCUT2D eigenvalue weighted by atomic mass is 16.6. The first kappa shape index (κ1) is 50.3. The van der Waals surface area contributed by atoms with Crippen LogP contribution in [0.1, 0.15) is 64.6 Å². The molecule has 0 saturated heterocycles. The molecule has 1 amide bonds. The summed E-state index contributed by atoms with van der Waals surface area (Å²) in [5, 5.41) is 21.2. The van der Waals surface area contributed by atoms with E-state index in [1.165, 1.54) is 0 Å². The molecule has 0 aromatic heterocycles. The molecule has 3 N–H and O–H groups in total. The van der Waals surface area contributed by atoms with E-state index in [9.17, 15) is 24.6 Å². The average Bonchev–Trinajstić information content (AvgIpc) is 3.38. The Morgan fingerprint density at radius 3 is 1.26 bits per heavy atom. The maximum Gasteiger partial charge on any atom is 0.317 e. The number of aliphatic carboxylic acids is 2. The number of amides is 1. The van der Waals surface area contributed by atoms with Gasteiger partial charge in [0.1, 0.15) is 0 Å². The second-order valence-electron chi connectivity index (χ2n) is 18.1. The number of hydrogen-bond donors (Lipinski definition) is 3. The minimum atomic E-state index is -1.38. The average molecular weight is 935 g/mol. The molecule has 0 heterocycles. The van der Waals surface area contributed by atoms with Crippen LogP contribution in [-0.2, 0) is 66.0 Å². The molecule has 9 heteroatoms. The number of carbonyl (C=O) groups is 4. The Kier molecular flexibility index (Phi) is 17.7. The number of carboxylic acid groups (broad SMARTS) is 2. The molecular formula is C61H62N2O7. The van der Waals surface area contributed by atoms with Crippen LogP contribution < -0.4 is 5.32 Å². The van der Waals surface area contributed by atoms with Crippen molar-refractivity contribution in [2.24, 2.45) is 0 Å². The molecule has 7 aromatic carbocycles. The minimum Gasteiger partial charge on any atom is -0.480 e. The summed E-state index contributed by atoms with van der Waals surface area (Å²) >= 11 is 0. The summed E-state index contributed by atoms with van der Waals surface area (Å²) in [5.41, 5.74) is 4.13. The molecule has 2 unspecified atom stereocenters. The maximum absolute atomic E-state index is 15.4. The van der Waals surface area contributed by atoms with Crippen LogP contribution in [-0.4, -0.2) is 65.1 Å². The van der Waals surface area contributed by atoms with Crippen molar-refractivity contribution in [1.82, 2.24) is 10.2 Å². The standard InChI is InChI=1S/C61H62N2O7/c64-55(45-63(46-56(65)66)47-57(67)68)62-40-24-8-23-39-58(69)70-61(54-37-21-7-22-38-54,44-51-31-15-4-16-32-51)60(53-35-19-6-20-36-53,43-50-29-13-3-14-30-50)59(52-33-17-5-18-34-52,41-48-25-9-1-10-26-48)42-49-27-11-2-12-28-49/h1-7,9-22,25-38H,8,23-24,39-47H2,(H,62,64)(H,65,66)(H,67,68). The molecule has 7 rings (SSSR count). The molecule has 0 bridgehead atoms. The van der Waals surface area contributed by atoms with Crippen LogP contribution in [0.3, 0.4) is 0 Å². The van der Waals surface area contributed by atoms with Crippen LogP contribution >= 0.6 is 0 Å². The first-order chi connectivity index (χ1) is 34.1. The second kappa shape index (κ2) is 24.6. The zero-order valence-electron chi connectivity index (χ0n) is 39.6. The lowest BCUT2D eigenvalue weighted by Gasteiger charge is -2.61. The van der Waals surface area contributed by atoms with Crippen molar-refractivity contribution < 1.29 is 34.1 Å². The van der Waals surface area contributed by atoms with Crippen molar-refractivity contribution in [2.75, 3.05) is 26.2 Å². The highest BCUT2D eigenvalue weighted by Gasteiger charge is 2.66. The largest absolute Gasteiger partial charge is 0.480 e. The third-order valence-corrected chi connectivity index (χ3v) is 13.4. The van der Waals surface area contributed by atoms with Gasteiger partial charge in [0, 0.05) is 24.8 Å². The summed E-state index contributed by atoms with van der Waals surface area (Å²) in [6, 6.07) is 74.1. The van der Waals surface area contributed by atoms with Crippen molar-refractivity contribution in [3.8, 4) is 0 Å². The number of nitrogens with one attached hydrogen (secondary N) is 1. The first-order valence-electron chi connectivity index (χ1n) is 24.1. The van der Waals surface area contributed by atoms with Gasteiger partial charge >= 0.3 is 17.9 Å². The van der Waals surface area contributed by atoms with Crippen LogP contribution in [0, 0.1) is 0 Å². The molecule has 0 aliphatic heterocycles. The summed E-state index contributed by atoms with van der Waals surface area (Å²) in [6.45, 7) is -1.23. The van der Waals surface area contributed by atoms with Gasteiger partial charge in [0.15, 0.2) is 5.60 Å². The van der Waals surface area contributed by atoms with E-state index in [0.29, 0.717) is 44.9 Å². The SMILES string of the molecule is O=C(O)CN(CC(=O)O)CC(=O)NCCCCCC(=O)OC(Cc1ccccc1)(c1ccccc1)C(Cc1ccccc1)(c1ccccc1)C(Cc1ccccc1)(Cc1ccccc1)c1ccccc1. The van der Waals surface area contributed by atoms with E-state index in [0.717, 1.165) is 43.8 Å². The Bertz CT molecular complexity index is 2650. The van der Waals surface area contributed by atoms with E-state index in [1.54, 1.807) is 0 Å². The molecule has 70 heavy (non-hydrogen) atoms. The van der Waals surface area contributed by atoms with Crippen molar-refractivity contribution in [3.63, 3.8) is 0 Å². The number of carboxylic acids is 2. The topological polar surface area (TPSA) is 133 Å². The molecule has 9 nitrogen and oxygen atoms in total. The Labute approximate surface area is 411 Å². The second-order valence-corrected chi connectivity index (χ2v) is 18.1. The molecule has 0 aliphatic rings. The number of benzene rings is 7. The number of unbranched alkanes of at least 4 members (excludes halogenated alkanes) is 2. The Morgan fingerprint density at radius 2 is 0.814 bits per heavy atom. The lowest BCUT2D eigenvalue weighted by molar-refractivity contribution is -0.180. The zero-order chi connectivity index (χ0) is 49.1. The van der Waals surface area contributed by atoms with Gasteiger partial charge in [-0.25, -0.2) is 0 Å². The Morgan fingerprint density at radius 1 is 0.429 bits per heavy atom. The van der Waals surface area contributed by atoms with Gasteiger partial charge in [0.2, 0.25) is 5.91 Å². The fourth-order valence-corrected chi connectivity index (χ4v) is 10.5. The summed E-state index contributed by atoms with van der Waals surface area (Å²) < 4.78 is 7.66. The molecule has 2 atom stereocenters. The highest BCUT2D eigenvalue weighted by molar-refractivity contribution is 5.80. The van der Waals surface area contributed by atoms with E-state index < -0.39 is 47.4 Å². The van der Waals surface area contributed by atoms with Crippen LogP contribution in [0.5, 0.6) is 0 Å². The quantitative estimate of drug-likeness (QED) is 0.0361. The number of ether oxygens (including phenoxy) is 1. The number of carbonyl (C=O) groups excluding carboxylic acids is 2. The molecular weight excluding hydrogens is 873 g/mol. The van der Waals surface area contributed by atoms with Crippen LogP contribution in [0.2, 0.25) is 0 Å². The predicted molar refractivity (Wildman–Crippen MR) is 274 cm³/mol. The lowest BCUT2D eigenvalue weighted by Crippen LogP contribution is -2.67. The van der Waals surface area contributed by atoms with E-state index in [-0.39, 0.29) is 25.5 Å². The van der Waals surface area contributed by atoms with Gasteiger partial charge in [-0.15, -0.1) is 0 Å². The fraction of sp³-hybridized carbons (Fsp3) is 0.246. The molecule has 0 fully saturated rings. The maximum atomic E-state index is 15.4. The van der Waals surface area contributed by atoms with Crippen LogP contribution in [0.4, 0.5) is 0 Å². The molecule has 358 valence electrons. The lowest BCUT2D eigenvalue weighted by atomic mass is 9.43. The number of nitrogens with zero attached hydrogens (tertiary/aromatic N) is 1. The third kappa shape index (κ3) is 12.5. The van der Waals surface area contributed by atoms with Crippen LogP contribution in [0.15, 0.2) is 212 Å². The van der Waals surface area contributed by atoms with Crippen molar-refractivity contribution in [3.05, 3.63) is 251 Å². The summed E-state index contributed by atoms with van der Waals surface area (Å²) in [7, 11) is 0. The summed E-state index contributed by atoms with van der Waals surface area (Å²) in [6.07, 6.45) is 3.71. The van der Waals surface area contributed by atoms with E-state index in [2.05, 4.69) is 169 Å². The van der Waals surface area contributed by atoms with E-state index >= 15 is 4.79 Å². The molecule has 0 radical (unpaired) electrons. The van der Waals surface area contributed by atoms with Crippen molar-refractivity contribution in [1.29, 1.82) is 0 Å². The first-order valence-corrected chi connectivity index (χ1v) is 24.1. The van der Waals surface area contributed by atoms with E-state index in [4.69, 9.17) is 4.74 Å². The van der Waals surface area contributed by atoms with Gasteiger partial charge < -0.3 is 20.3 Å². The molecule has 0 saturated carbocycles. The van der Waals surface area contributed by atoms with E-state index in [1.807, 2.05) is 48.5 Å². The third-order valence-electron chi connectivity index (χ3n) is 13.4. The normalized spacial score (nSPS) is 13.1. The summed E-state index contributed by atoms with van der Waals surface area (Å²) in [4.78, 5) is 51.8. The van der Waals surface area contributed by atoms with Gasteiger partial charge in [0.05, 0.1) is 25.0 Å². The summed E-state index contributed by atoms with van der Waals surface area (Å²) in [5.74, 6) is -3.27. The Balaban J connectivity index is 1.41. The van der Waals surface area contributed by atoms with Gasteiger partial charge in [0.25, 0.3) is 0 Å². The van der Waals surface area contributed by atoms with Gasteiger partial charge in [-0.3, -0.25) is 24.1 Å². The van der Waals surface area contributed by atoms with Gasteiger partial charge in [-0.1, -0.05) is 219 Å². The Hall–Kier alpha value is -7.62. The number of esters is 1. The molecule has 7 aromatic rings. The van der Waals surface area contributed by atoms with Gasteiger partial charge in [-0.2, -0.15) is 0 Å². The van der Waals surface area contributed by atoms with Crippen molar-refractivity contribution in [2.45, 2.75) is 67.8 Å². The van der Waals surface area contributed by atoms with Crippen molar-refractivity contribution >= 4 is 23.8 Å². The minimum absolute atomic E-state index is 0.105.